The molecule has 1 aromatic heterocycles. The number of fused-ring (bicyclic) bond motifs is 1. The van der Waals surface area contributed by atoms with Crippen molar-refractivity contribution >= 4 is 22.7 Å². The van der Waals surface area contributed by atoms with Crippen LogP contribution in [0.15, 0.2) is 24.4 Å². The molecule has 1 aromatic carbocycles. The molecule has 5 heteroatoms. The molecule has 88 valence electrons. The molecule has 0 spiro atoms. The molecule has 0 aliphatic heterocycles. The maximum atomic E-state index is 11.5. The van der Waals surface area contributed by atoms with Crippen LogP contribution in [0.4, 0.5) is 0 Å². The van der Waals surface area contributed by atoms with Crippen molar-refractivity contribution in [1.29, 1.82) is 0 Å². The van der Waals surface area contributed by atoms with E-state index in [4.69, 9.17) is 9.84 Å². The number of hydrogen-bond donors (Lipinski definition) is 1. The number of carboxylic acid groups (broad SMARTS) is 1. The van der Waals surface area contributed by atoms with Gasteiger partial charge in [-0.05, 0) is 6.07 Å². The number of nitrogens with zero attached hydrogens (tertiary/aromatic N) is 1. The largest absolute Gasteiger partial charge is 0.495 e. The molecule has 0 unspecified atom stereocenters. The van der Waals surface area contributed by atoms with E-state index in [1.807, 2.05) is 0 Å². The summed E-state index contributed by atoms with van der Waals surface area (Å²) < 4.78 is 6.87. The van der Waals surface area contributed by atoms with Crippen molar-refractivity contribution in [2.75, 3.05) is 7.11 Å². The molecule has 17 heavy (non-hydrogen) atoms. The third-order valence-corrected chi connectivity index (χ3v) is 2.62. The number of ketones is 1. The average molecular weight is 233 g/mol. The van der Waals surface area contributed by atoms with Crippen molar-refractivity contribution in [2.45, 2.75) is 0 Å². The summed E-state index contributed by atoms with van der Waals surface area (Å²) in [4.78, 5) is 22.2. The Kier molecular flexibility index (Phi) is 2.59. The van der Waals surface area contributed by atoms with Crippen LogP contribution in [0.25, 0.3) is 10.9 Å². The van der Waals surface area contributed by atoms with E-state index in [-0.39, 0.29) is 5.56 Å². The first kappa shape index (κ1) is 11.2. The fraction of sp³-hybridized carbons (Fsp3) is 0.167. The summed E-state index contributed by atoms with van der Waals surface area (Å²) in [7, 11) is 3.27. The second kappa shape index (κ2) is 3.93. The lowest BCUT2D eigenvalue weighted by Gasteiger charge is -2.03. The minimum atomic E-state index is -1.46. The number of carbonyl (C=O) groups excluding carboxylic acids is 1. The lowest BCUT2D eigenvalue weighted by Crippen LogP contribution is -2.12. The minimum absolute atomic E-state index is 0.175. The van der Waals surface area contributed by atoms with Gasteiger partial charge in [-0.2, -0.15) is 0 Å². The molecule has 0 saturated heterocycles. The molecule has 2 rings (SSSR count). The van der Waals surface area contributed by atoms with Crippen LogP contribution in [0.3, 0.4) is 0 Å². The van der Waals surface area contributed by atoms with Crippen molar-refractivity contribution in [1.82, 2.24) is 4.57 Å². The second-order valence-electron chi connectivity index (χ2n) is 3.64. The molecule has 0 fully saturated rings. The summed E-state index contributed by atoms with van der Waals surface area (Å²) in [5.41, 5.74) is 0.883. The molecule has 0 atom stereocenters. The van der Waals surface area contributed by atoms with Crippen LogP contribution < -0.4 is 4.74 Å². The monoisotopic (exact) mass is 233 g/mol. The van der Waals surface area contributed by atoms with Crippen molar-refractivity contribution in [3.8, 4) is 5.75 Å². The van der Waals surface area contributed by atoms with Gasteiger partial charge in [-0.25, -0.2) is 4.79 Å². The molecule has 0 aliphatic rings. The highest BCUT2D eigenvalue weighted by Gasteiger charge is 2.21. The van der Waals surface area contributed by atoms with E-state index in [1.54, 1.807) is 29.8 Å². The molecule has 0 aliphatic carbocycles. The van der Waals surface area contributed by atoms with Gasteiger partial charge in [0.2, 0.25) is 0 Å². The molecule has 5 nitrogen and oxygen atoms in total. The van der Waals surface area contributed by atoms with E-state index in [0.717, 1.165) is 0 Å². The number of para-hydroxylation sites is 1. The zero-order valence-electron chi connectivity index (χ0n) is 9.43. The predicted molar refractivity (Wildman–Crippen MR) is 61.4 cm³/mol. The van der Waals surface area contributed by atoms with E-state index in [0.29, 0.717) is 16.7 Å². The molecule has 0 saturated carbocycles. The number of Topliss-reactive ketones (excluding diaryl/α,β-unsaturated/α-hetero) is 1. The van der Waals surface area contributed by atoms with E-state index in [9.17, 15) is 9.59 Å². The topological polar surface area (TPSA) is 68.5 Å². The summed E-state index contributed by atoms with van der Waals surface area (Å²) in [6.45, 7) is 0. The average Bonchev–Trinajstić information content (AvgIpc) is 2.66. The third-order valence-electron chi connectivity index (χ3n) is 2.62. The zero-order chi connectivity index (χ0) is 12.6. The Morgan fingerprint density at radius 3 is 2.65 bits per heavy atom. The lowest BCUT2D eigenvalue weighted by atomic mass is 10.1. The van der Waals surface area contributed by atoms with Crippen LogP contribution in [0.5, 0.6) is 5.75 Å². The highest BCUT2D eigenvalue weighted by atomic mass is 16.5. The Labute approximate surface area is 97.2 Å². The Morgan fingerprint density at radius 2 is 2.06 bits per heavy atom. The van der Waals surface area contributed by atoms with Gasteiger partial charge in [0, 0.05) is 18.6 Å². The Hall–Kier alpha value is -2.30. The van der Waals surface area contributed by atoms with Crippen LogP contribution in [-0.4, -0.2) is 28.5 Å². The number of carbonyl (C=O) groups is 2. The summed E-state index contributed by atoms with van der Waals surface area (Å²) >= 11 is 0. The fourth-order valence-electron chi connectivity index (χ4n) is 1.89. The highest BCUT2D eigenvalue weighted by molar-refractivity contribution is 6.42. The molecule has 2 aromatic rings. The molecular weight excluding hydrogens is 222 g/mol. The number of aromatic nitrogens is 1. The van der Waals surface area contributed by atoms with Crippen LogP contribution >= 0.6 is 0 Å². The number of benzene rings is 1. The van der Waals surface area contributed by atoms with E-state index >= 15 is 0 Å². The van der Waals surface area contributed by atoms with Gasteiger partial charge in [0.1, 0.15) is 5.75 Å². The van der Waals surface area contributed by atoms with Gasteiger partial charge >= 0.3 is 5.97 Å². The first-order valence-corrected chi connectivity index (χ1v) is 4.96. The van der Waals surface area contributed by atoms with Gasteiger partial charge < -0.3 is 14.4 Å². The Balaban J connectivity index is 2.76. The van der Waals surface area contributed by atoms with Gasteiger partial charge in [-0.3, -0.25) is 4.79 Å². The maximum absolute atomic E-state index is 11.5. The van der Waals surface area contributed by atoms with E-state index < -0.39 is 11.8 Å². The quantitative estimate of drug-likeness (QED) is 0.643. The SMILES string of the molecule is COc1cccc2c(C(=O)C(=O)O)cn(C)c12. The number of rotatable bonds is 3. The molecule has 1 N–H and O–H groups in total. The maximum Gasteiger partial charge on any atom is 0.377 e. The summed E-state index contributed by atoms with van der Waals surface area (Å²) in [6.07, 6.45) is 1.50. The van der Waals surface area contributed by atoms with Gasteiger partial charge in [-0.1, -0.05) is 12.1 Å². The van der Waals surface area contributed by atoms with Crippen LogP contribution in [0, 0.1) is 0 Å². The van der Waals surface area contributed by atoms with Gasteiger partial charge in [0.25, 0.3) is 5.78 Å². The van der Waals surface area contributed by atoms with Gasteiger partial charge in [-0.15, -0.1) is 0 Å². The normalized spacial score (nSPS) is 10.5. The summed E-state index contributed by atoms with van der Waals surface area (Å²) in [5, 5.41) is 9.32. The standard InChI is InChI=1S/C12H11NO4/c1-13-6-8(11(14)12(15)16)7-4-3-5-9(17-2)10(7)13/h3-6H,1-2H3,(H,15,16). The van der Waals surface area contributed by atoms with Gasteiger partial charge in [0.15, 0.2) is 0 Å². The number of aliphatic carboxylic acids is 1. The van der Waals surface area contributed by atoms with Crippen molar-refractivity contribution in [3.63, 3.8) is 0 Å². The number of carboxylic acids is 1. The molecular formula is C12H11NO4. The highest BCUT2D eigenvalue weighted by Crippen LogP contribution is 2.29. The number of ether oxygens (including phenoxy) is 1. The predicted octanol–water partition coefficient (Wildman–Crippen LogP) is 1.45. The lowest BCUT2D eigenvalue weighted by molar-refractivity contribution is -0.131. The zero-order valence-corrected chi connectivity index (χ0v) is 9.43. The first-order valence-electron chi connectivity index (χ1n) is 4.96. The third kappa shape index (κ3) is 1.65. The molecule has 0 amide bonds. The number of methoxy groups -OCH3 is 1. The Bertz CT molecular complexity index is 612. The van der Waals surface area contributed by atoms with Crippen LogP contribution in [-0.2, 0) is 11.8 Å². The first-order chi connectivity index (χ1) is 8.06. The minimum Gasteiger partial charge on any atom is -0.495 e. The van der Waals surface area contributed by atoms with Gasteiger partial charge in [0.05, 0.1) is 18.2 Å². The molecule has 0 bridgehead atoms. The van der Waals surface area contributed by atoms with Crippen LogP contribution in [0.1, 0.15) is 10.4 Å². The molecule has 1 heterocycles. The van der Waals surface area contributed by atoms with Crippen LogP contribution in [0.2, 0.25) is 0 Å². The second-order valence-corrected chi connectivity index (χ2v) is 3.64. The van der Waals surface area contributed by atoms with E-state index in [1.165, 1.54) is 13.3 Å². The van der Waals surface area contributed by atoms with E-state index in [2.05, 4.69) is 0 Å². The number of aryl methyl sites for hydroxylation is 1. The van der Waals surface area contributed by atoms with Crippen molar-refractivity contribution in [3.05, 3.63) is 30.0 Å². The fourth-order valence-corrected chi connectivity index (χ4v) is 1.89. The Morgan fingerprint density at radius 1 is 1.35 bits per heavy atom. The van der Waals surface area contributed by atoms with Crippen molar-refractivity contribution < 1.29 is 19.4 Å². The summed E-state index contributed by atoms with van der Waals surface area (Å²) in [5.74, 6) is -1.77. The molecule has 0 radical (unpaired) electrons. The number of hydrogen-bond acceptors (Lipinski definition) is 3. The smallest absolute Gasteiger partial charge is 0.377 e. The summed E-state index contributed by atoms with van der Waals surface area (Å²) in [6, 6.07) is 5.19. The van der Waals surface area contributed by atoms with Crippen molar-refractivity contribution in [2.24, 2.45) is 7.05 Å².